The first-order valence-electron chi connectivity index (χ1n) is 7.43. The third kappa shape index (κ3) is 6.11. The molecular weight excluding hydrogens is 252 g/mol. The summed E-state index contributed by atoms with van der Waals surface area (Å²) in [6.45, 7) is 8.71. The van der Waals surface area contributed by atoms with Crippen LogP contribution in [-0.4, -0.2) is 19.8 Å². The molecule has 0 atom stereocenters. The Balaban J connectivity index is 2.61. The van der Waals surface area contributed by atoms with E-state index in [0.29, 0.717) is 26.4 Å². The van der Waals surface area contributed by atoms with E-state index in [-0.39, 0.29) is 0 Å². The molecule has 1 aromatic rings. The maximum atomic E-state index is 5.78. The lowest BCUT2D eigenvalue weighted by Crippen LogP contribution is -2.01. The van der Waals surface area contributed by atoms with Gasteiger partial charge in [-0.2, -0.15) is 0 Å². The Morgan fingerprint density at radius 2 is 1.80 bits per heavy atom. The van der Waals surface area contributed by atoms with E-state index in [2.05, 4.69) is 19.1 Å². The molecule has 112 valence electrons. The van der Waals surface area contributed by atoms with Crippen molar-refractivity contribution < 1.29 is 14.2 Å². The second-order valence-electron chi connectivity index (χ2n) is 4.37. The molecule has 0 bridgehead atoms. The normalized spacial score (nSPS) is 10.9. The van der Waals surface area contributed by atoms with Crippen LogP contribution in [0, 0.1) is 0 Å². The minimum Gasteiger partial charge on any atom is -0.490 e. The van der Waals surface area contributed by atoms with Gasteiger partial charge in [0.2, 0.25) is 0 Å². The smallest absolute Gasteiger partial charge is 0.161 e. The molecule has 0 aliphatic rings. The summed E-state index contributed by atoms with van der Waals surface area (Å²) in [6.07, 6.45) is 6.28. The van der Waals surface area contributed by atoms with Gasteiger partial charge in [-0.1, -0.05) is 25.1 Å². The first-order valence-corrected chi connectivity index (χ1v) is 7.43. The lowest BCUT2D eigenvalue weighted by atomic mass is 10.2. The van der Waals surface area contributed by atoms with Crippen LogP contribution in [0.1, 0.15) is 39.2 Å². The average molecular weight is 278 g/mol. The number of allylic oxidation sites excluding steroid dienone is 1. The van der Waals surface area contributed by atoms with E-state index in [1.807, 2.05) is 32.0 Å². The molecule has 1 aromatic carbocycles. The lowest BCUT2D eigenvalue weighted by molar-refractivity contribution is 0.133. The van der Waals surface area contributed by atoms with E-state index in [1.54, 1.807) is 0 Å². The van der Waals surface area contributed by atoms with Crippen LogP contribution in [0.2, 0.25) is 0 Å². The Labute approximate surface area is 122 Å². The van der Waals surface area contributed by atoms with Crippen LogP contribution >= 0.6 is 0 Å². The van der Waals surface area contributed by atoms with Crippen LogP contribution in [0.15, 0.2) is 30.4 Å². The number of hydrogen-bond acceptors (Lipinski definition) is 3. The van der Waals surface area contributed by atoms with Crippen LogP contribution in [0.5, 0.6) is 11.5 Å². The quantitative estimate of drug-likeness (QED) is 0.470. The predicted octanol–water partition coefficient (Wildman–Crippen LogP) is 4.36. The second-order valence-corrected chi connectivity index (χ2v) is 4.37. The highest BCUT2D eigenvalue weighted by Crippen LogP contribution is 2.29. The first kappa shape index (κ1) is 16.6. The van der Waals surface area contributed by atoms with Gasteiger partial charge in [-0.3, -0.25) is 0 Å². The zero-order valence-electron chi connectivity index (χ0n) is 12.9. The molecule has 0 spiro atoms. The van der Waals surface area contributed by atoms with E-state index in [9.17, 15) is 0 Å². The summed E-state index contributed by atoms with van der Waals surface area (Å²) in [5.41, 5.74) is 1.11. The van der Waals surface area contributed by atoms with Crippen LogP contribution in [0.4, 0.5) is 0 Å². The van der Waals surface area contributed by atoms with Crippen molar-refractivity contribution in [2.24, 2.45) is 0 Å². The summed E-state index contributed by atoms with van der Waals surface area (Å²) >= 11 is 0. The van der Waals surface area contributed by atoms with Crippen LogP contribution in [-0.2, 0) is 11.3 Å². The van der Waals surface area contributed by atoms with Gasteiger partial charge in [0.1, 0.15) is 0 Å². The Kier molecular flexibility index (Phi) is 8.56. The van der Waals surface area contributed by atoms with Gasteiger partial charge in [0.15, 0.2) is 11.5 Å². The van der Waals surface area contributed by atoms with Crippen molar-refractivity contribution in [1.29, 1.82) is 0 Å². The summed E-state index contributed by atoms with van der Waals surface area (Å²) in [5.74, 6) is 1.60. The first-order chi connectivity index (χ1) is 9.81. The van der Waals surface area contributed by atoms with Gasteiger partial charge in [0, 0.05) is 6.61 Å². The van der Waals surface area contributed by atoms with Gasteiger partial charge in [0.25, 0.3) is 0 Å². The third-order valence-corrected chi connectivity index (χ3v) is 2.73. The second kappa shape index (κ2) is 10.3. The Hall–Kier alpha value is -1.48. The molecule has 0 N–H and O–H groups in total. The van der Waals surface area contributed by atoms with Gasteiger partial charge in [-0.05, 0) is 44.4 Å². The molecule has 0 saturated carbocycles. The van der Waals surface area contributed by atoms with E-state index in [1.165, 1.54) is 0 Å². The maximum absolute atomic E-state index is 5.78. The minimum absolute atomic E-state index is 0.607. The minimum atomic E-state index is 0.607. The van der Waals surface area contributed by atoms with Gasteiger partial charge < -0.3 is 14.2 Å². The van der Waals surface area contributed by atoms with Crippen molar-refractivity contribution in [1.82, 2.24) is 0 Å². The summed E-state index contributed by atoms with van der Waals surface area (Å²) in [6, 6.07) is 5.98. The lowest BCUT2D eigenvalue weighted by Gasteiger charge is -2.13. The topological polar surface area (TPSA) is 27.7 Å². The molecule has 20 heavy (non-hydrogen) atoms. The number of rotatable bonds is 10. The maximum Gasteiger partial charge on any atom is 0.161 e. The molecular formula is C17H26O3. The number of benzene rings is 1. The zero-order chi connectivity index (χ0) is 14.6. The summed E-state index contributed by atoms with van der Waals surface area (Å²) in [4.78, 5) is 0. The van der Waals surface area contributed by atoms with Crippen LogP contribution < -0.4 is 9.47 Å². The van der Waals surface area contributed by atoms with E-state index >= 15 is 0 Å². The van der Waals surface area contributed by atoms with E-state index in [0.717, 1.165) is 29.9 Å². The molecule has 0 aromatic heterocycles. The predicted molar refractivity (Wildman–Crippen MR) is 82.5 cm³/mol. The molecule has 0 unspecified atom stereocenters. The fourth-order valence-electron chi connectivity index (χ4n) is 1.77. The number of ether oxygens (including phenoxy) is 3. The molecule has 3 nitrogen and oxygen atoms in total. The van der Waals surface area contributed by atoms with Crippen molar-refractivity contribution in [3.8, 4) is 11.5 Å². The van der Waals surface area contributed by atoms with Crippen molar-refractivity contribution in [2.45, 2.75) is 40.2 Å². The molecule has 0 amide bonds. The standard InChI is InChI=1S/C17H26O3/c1-4-7-8-9-12-20-16-11-10-15(14-18-5-2)13-17(16)19-6-3/h7-8,10-11,13H,4-6,9,12,14H2,1-3H3/b8-7-. The van der Waals surface area contributed by atoms with Crippen molar-refractivity contribution in [3.05, 3.63) is 35.9 Å². The molecule has 0 aliphatic heterocycles. The van der Waals surface area contributed by atoms with Crippen LogP contribution in [0.25, 0.3) is 0 Å². The van der Waals surface area contributed by atoms with Crippen LogP contribution in [0.3, 0.4) is 0 Å². The van der Waals surface area contributed by atoms with E-state index in [4.69, 9.17) is 14.2 Å². The fraction of sp³-hybridized carbons (Fsp3) is 0.529. The third-order valence-electron chi connectivity index (χ3n) is 2.73. The largest absolute Gasteiger partial charge is 0.490 e. The summed E-state index contributed by atoms with van der Waals surface area (Å²) in [7, 11) is 0. The molecule has 0 fully saturated rings. The molecule has 1 rings (SSSR count). The van der Waals surface area contributed by atoms with Gasteiger partial charge >= 0.3 is 0 Å². The van der Waals surface area contributed by atoms with Gasteiger partial charge in [-0.25, -0.2) is 0 Å². The fourth-order valence-corrected chi connectivity index (χ4v) is 1.77. The van der Waals surface area contributed by atoms with Crippen molar-refractivity contribution in [3.63, 3.8) is 0 Å². The van der Waals surface area contributed by atoms with Crippen molar-refractivity contribution >= 4 is 0 Å². The highest BCUT2D eigenvalue weighted by Gasteiger charge is 2.06. The van der Waals surface area contributed by atoms with Crippen molar-refractivity contribution in [2.75, 3.05) is 19.8 Å². The van der Waals surface area contributed by atoms with E-state index < -0.39 is 0 Å². The molecule has 3 heteroatoms. The Morgan fingerprint density at radius 3 is 2.50 bits per heavy atom. The summed E-state index contributed by atoms with van der Waals surface area (Å²) < 4.78 is 16.8. The molecule has 0 aliphatic carbocycles. The highest BCUT2D eigenvalue weighted by molar-refractivity contribution is 5.42. The average Bonchev–Trinajstić information content (AvgIpc) is 2.47. The summed E-state index contributed by atoms with van der Waals surface area (Å²) in [5, 5.41) is 0. The highest BCUT2D eigenvalue weighted by atomic mass is 16.5. The van der Waals surface area contributed by atoms with Gasteiger partial charge in [0.05, 0.1) is 19.8 Å². The Bertz CT molecular complexity index is 399. The SMILES string of the molecule is CC/C=C\CCOc1ccc(COCC)cc1OCC. The molecule has 0 radical (unpaired) electrons. The molecule has 0 saturated heterocycles. The van der Waals surface area contributed by atoms with Gasteiger partial charge in [-0.15, -0.1) is 0 Å². The molecule has 0 heterocycles. The monoisotopic (exact) mass is 278 g/mol. The zero-order valence-corrected chi connectivity index (χ0v) is 12.9. The Morgan fingerprint density at radius 1 is 0.950 bits per heavy atom. The number of hydrogen-bond donors (Lipinski definition) is 0.